The second-order valence-corrected chi connectivity index (χ2v) is 28.0. The summed E-state index contributed by atoms with van der Waals surface area (Å²) in [5.41, 5.74) is 0. The number of hydrogen-bond acceptors (Lipinski definition) is 2. The van der Waals surface area contributed by atoms with E-state index in [1.54, 1.807) is 0 Å². The van der Waals surface area contributed by atoms with E-state index in [0.717, 1.165) is 17.4 Å². The molecule has 4 aromatic rings. The summed E-state index contributed by atoms with van der Waals surface area (Å²) in [6.07, 6.45) is -3.38. The van der Waals surface area contributed by atoms with Gasteiger partial charge in [-0.3, -0.25) is 0 Å². The summed E-state index contributed by atoms with van der Waals surface area (Å²) in [5.74, 6) is 0. The van der Waals surface area contributed by atoms with E-state index >= 15 is 0 Å². The summed E-state index contributed by atoms with van der Waals surface area (Å²) in [6.45, 7) is 0. The third-order valence-electron chi connectivity index (χ3n) is 4.42. The fraction of sp³-hybridized carbons (Fsp3) is 0. The molecule has 29 heavy (non-hydrogen) atoms. The van der Waals surface area contributed by atoms with Gasteiger partial charge in [0.25, 0.3) is 0 Å². The first-order chi connectivity index (χ1) is 14.2. The van der Waals surface area contributed by atoms with Gasteiger partial charge in [-0.05, 0) is 0 Å². The van der Waals surface area contributed by atoms with Gasteiger partial charge in [0.2, 0.25) is 0 Å². The summed E-state index contributed by atoms with van der Waals surface area (Å²) in [6, 6.07) is 39.1. The summed E-state index contributed by atoms with van der Waals surface area (Å²) < 4.78 is 32.5. The van der Waals surface area contributed by atoms with Gasteiger partial charge in [-0.2, -0.15) is 0 Å². The Hall–Kier alpha value is -2.05. The molecule has 0 unspecified atom stereocenters. The van der Waals surface area contributed by atoms with Gasteiger partial charge in [-0.25, -0.2) is 0 Å². The molecule has 0 heterocycles. The maximum atomic E-state index is 14.4. The van der Waals surface area contributed by atoms with Crippen molar-refractivity contribution in [2.24, 2.45) is 0 Å². The zero-order valence-electron chi connectivity index (χ0n) is 15.7. The van der Waals surface area contributed by atoms with Gasteiger partial charge in [0.1, 0.15) is 0 Å². The third kappa shape index (κ3) is 4.43. The molecular weight excluding hydrogens is 502 g/mol. The first kappa shape index (κ1) is 20.2. The minimum atomic E-state index is -3.38. The van der Waals surface area contributed by atoms with Crippen LogP contribution in [0.25, 0.3) is 0 Å². The van der Waals surface area contributed by atoms with E-state index in [1.807, 2.05) is 121 Å². The average Bonchev–Trinajstić information content (AvgIpc) is 2.77. The van der Waals surface area contributed by atoms with E-state index in [2.05, 4.69) is 0 Å². The van der Waals surface area contributed by atoms with E-state index in [1.165, 1.54) is 0 Å². The van der Waals surface area contributed by atoms with Gasteiger partial charge < -0.3 is 0 Å². The second kappa shape index (κ2) is 9.18. The van der Waals surface area contributed by atoms with Crippen LogP contribution in [0.15, 0.2) is 121 Å². The zero-order valence-corrected chi connectivity index (χ0v) is 20.2. The Morgan fingerprint density at radius 3 is 0.793 bits per heavy atom. The number of hydrogen-bond donors (Lipinski definition) is 0. The van der Waals surface area contributed by atoms with E-state index in [0.29, 0.717) is 0 Å². The molecule has 0 aliphatic rings. The van der Waals surface area contributed by atoms with Gasteiger partial charge in [0.15, 0.2) is 0 Å². The number of rotatable bonds is 6. The Balaban J connectivity index is 1.94. The molecule has 0 N–H and O–H groups in total. The molecule has 0 fully saturated rings. The predicted molar refractivity (Wildman–Crippen MR) is 125 cm³/mol. The van der Waals surface area contributed by atoms with E-state index in [4.69, 9.17) is 0 Å². The quantitative estimate of drug-likeness (QED) is 0.364. The van der Waals surface area contributed by atoms with Crippen LogP contribution >= 0.6 is 0 Å². The Labute approximate surface area is 179 Å². The van der Waals surface area contributed by atoms with Crippen molar-refractivity contribution < 1.29 is 8.42 Å². The van der Waals surface area contributed by atoms with Gasteiger partial charge >= 0.3 is 181 Å². The predicted octanol–water partition coefficient (Wildman–Crippen LogP) is 2.01. The molecule has 0 radical (unpaired) electrons. The minimum absolute atomic E-state index is 0.956. The van der Waals surface area contributed by atoms with Crippen LogP contribution in [0.3, 0.4) is 0 Å². The molecule has 0 aromatic heterocycles. The van der Waals surface area contributed by atoms with Crippen LogP contribution in [0.4, 0.5) is 0 Å². The molecule has 0 spiro atoms. The van der Waals surface area contributed by atoms with Crippen molar-refractivity contribution >= 4 is 50.8 Å². The van der Waals surface area contributed by atoms with Crippen molar-refractivity contribution in [3.8, 4) is 0 Å². The van der Waals surface area contributed by atoms with Crippen LogP contribution in [0.5, 0.6) is 0 Å². The van der Waals surface area contributed by atoms with Crippen molar-refractivity contribution in [1.82, 2.24) is 0 Å². The van der Waals surface area contributed by atoms with Crippen molar-refractivity contribution in [1.29, 1.82) is 0 Å². The van der Waals surface area contributed by atoms with Crippen LogP contribution < -0.4 is 17.4 Å². The normalized spacial score (nSPS) is 11.7. The molecule has 2 nitrogen and oxygen atoms in total. The molecule has 4 rings (SSSR count). The zero-order chi connectivity index (χ0) is 20.1. The van der Waals surface area contributed by atoms with Crippen molar-refractivity contribution in [2.75, 3.05) is 0 Å². The van der Waals surface area contributed by atoms with Crippen LogP contribution in [-0.4, -0.2) is 35.4 Å². The molecular formula is C24H20As2O2S. The first-order valence-electron chi connectivity index (χ1n) is 9.24. The molecule has 0 saturated heterocycles. The molecule has 0 amide bonds. The summed E-state index contributed by atoms with van der Waals surface area (Å²) in [5, 5.41) is 0. The van der Waals surface area contributed by atoms with E-state index in [9.17, 15) is 8.42 Å². The third-order valence-corrected chi connectivity index (χ3v) is 32.7. The maximum absolute atomic E-state index is 14.4. The molecule has 0 bridgehead atoms. The molecule has 0 atom stereocenters. The Kier molecular flexibility index (Phi) is 6.40. The van der Waals surface area contributed by atoms with Gasteiger partial charge in [0, 0.05) is 0 Å². The topological polar surface area (TPSA) is 34.1 Å². The van der Waals surface area contributed by atoms with Crippen LogP contribution in [0.1, 0.15) is 0 Å². The van der Waals surface area contributed by atoms with Gasteiger partial charge in [-0.15, -0.1) is 0 Å². The number of benzene rings is 4. The summed E-state index contributed by atoms with van der Waals surface area (Å²) in [7, 11) is 0. The summed E-state index contributed by atoms with van der Waals surface area (Å²) >= 11 is -5.22. The second-order valence-electron chi connectivity index (χ2n) is 6.38. The standard InChI is InChI=1S/C24H20As2O2S/c27-29(28,25(21-13-5-1-6-14-21)22-15-7-2-8-16-22)26(23-17-9-3-10-18-23)24-19-11-4-12-20-24/h1-20H. The SMILES string of the molecule is O=S(=O)([As](c1ccccc1)c1ccccc1)[As](c1ccccc1)c1ccccc1. The molecule has 144 valence electrons. The molecule has 0 aliphatic carbocycles. The van der Waals surface area contributed by atoms with E-state index in [-0.39, 0.29) is 0 Å². The van der Waals surface area contributed by atoms with E-state index < -0.39 is 33.4 Å². The van der Waals surface area contributed by atoms with Gasteiger partial charge in [0.05, 0.1) is 0 Å². The molecule has 0 saturated carbocycles. The van der Waals surface area contributed by atoms with Crippen molar-refractivity contribution in [3.05, 3.63) is 121 Å². The Morgan fingerprint density at radius 1 is 0.379 bits per heavy atom. The molecule has 5 heteroatoms. The monoisotopic (exact) mass is 522 g/mol. The van der Waals surface area contributed by atoms with Crippen molar-refractivity contribution in [2.45, 2.75) is 0 Å². The van der Waals surface area contributed by atoms with Crippen LogP contribution in [0.2, 0.25) is 0 Å². The first-order valence-corrected chi connectivity index (χ1v) is 19.0. The van der Waals surface area contributed by atoms with Crippen LogP contribution in [-0.2, 0) is 6.36 Å². The summed E-state index contributed by atoms with van der Waals surface area (Å²) in [4.78, 5) is 0. The Morgan fingerprint density at radius 2 is 0.586 bits per heavy atom. The average molecular weight is 522 g/mol. The Bertz CT molecular complexity index is 983. The molecule has 0 aliphatic heterocycles. The fourth-order valence-electron chi connectivity index (χ4n) is 3.17. The van der Waals surface area contributed by atoms with Crippen molar-refractivity contribution in [3.63, 3.8) is 0 Å². The molecule has 4 aromatic carbocycles. The van der Waals surface area contributed by atoms with Gasteiger partial charge in [-0.1, -0.05) is 0 Å². The van der Waals surface area contributed by atoms with Crippen LogP contribution in [0, 0.1) is 0 Å². The fourth-order valence-corrected chi connectivity index (χ4v) is 37.3.